The van der Waals surface area contributed by atoms with Gasteiger partial charge in [-0.1, -0.05) is 35.3 Å². The van der Waals surface area contributed by atoms with Gasteiger partial charge in [-0.05, 0) is 6.07 Å². The van der Waals surface area contributed by atoms with Gasteiger partial charge in [0.1, 0.15) is 6.33 Å². The Balaban J connectivity index is 2.58. The van der Waals surface area contributed by atoms with E-state index >= 15 is 0 Å². The molecule has 0 unspecified atom stereocenters. The molecule has 0 aliphatic carbocycles. The number of hydrogen-bond donors (Lipinski definition) is 0. The average Bonchev–Trinajstić information content (AvgIpc) is 2.23. The Bertz CT molecular complexity index is 443. The zero-order valence-corrected chi connectivity index (χ0v) is 8.63. The molecule has 0 fully saturated rings. The lowest BCUT2D eigenvalue weighted by atomic mass is 10.1. The highest BCUT2D eigenvalue weighted by Gasteiger charge is 2.06. The first-order chi connectivity index (χ1) is 6.79. The maximum absolute atomic E-state index is 6.04. The summed E-state index contributed by atoms with van der Waals surface area (Å²) >= 11 is 11.9. The average molecular weight is 225 g/mol. The van der Waals surface area contributed by atoms with Crippen molar-refractivity contribution in [1.29, 1.82) is 0 Å². The zero-order chi connectivity index (χ0) is 9.97. The van der Waals surface area contributed by atoms with Crippen molar-refractivity contribution >= 4 is 23.2 Å². The summed E-state index contributed by atoms with van der Waals surface area (Å²) in [6.07, 6.45) is 4.87. The summed E-state index contributed by atoms with van der Waals surface area (Å²) in [5.74, 6) is 0. The van der Waals surface area contributed by atoms with E-state index in [4.69, 9.17) is 23.2 Å². The lowest BCUT2D eigenvalue weighted by Crippen LogP contribution is -1.83. The standard InChI is InChI=1S/C10H6Cl2N2/c11-9-3-1-2-8(10(9)12)7-4-13-6-14-5-7/h1-6H. The van der Waals surface area contributed by atoms with Gasteiger partial charge in [-0.2, -0.15) is 0 Å². The number of halogens is 2. The second kappa shape index (κ2) is 3.95. The third kappa shape index (κ3) is 1.72. The molecule has 2 aromatic rings. The van der Waals surface area contributed by atoms with Crippen molar-refractivity contribution in [2.75, 3.05) is 0 Å². The first kappa shape index (κ1) is 9.44. The second-order valence-corrected chi connectivity index (χ2v) is 3.51. The van der Waals surface area contributed by atoms with Crippen LogP contribution in [0.1, 0.15) is 0 Å². The topological polar surface area (TPSA) is 25.8 Å². The van der Waals surface area contributed by atoms with Crippen LogP contribution in [-0.2, 0) is 0 Å². The van der Waals surface area contributed by atoms with Gasteiger partial charge >= 0.3 is 0 Å². The van der Waals surface area contributed by atoms with Crippen LogP contribution in [0, 0.1) is 0 Å². The molecular formula is C10H6Cl2N2. The minimum absolute atomic E-state index is 0.531. The molecule has 1 aromatic carbocycles. The molecule has 0 aliphatic heterocycles. The van der Waals surface area contributed by atoms with E-state index in [1.54, 1.807) is 18.5 Å². The quantitative estimate of drug-likeness (QED) is 0.742. The van der Waals surface area contributed by atoms with E-state index in [-0.39, 0.29) is 0 Å². The molecule has 0 N–H and O–H groups in total. The molecule has 1 aromatic heterocycles. The van der Waals surface area contributed by atoms with E-state index in [0.717, 1.165) is 11.1 Å². The molecule has 4 heteroatoms. The number of rotatable bonds is 1. The van der Waals surface area contributed by atoms with Gasteiger partial charge in [-0.25, -0.2) is 9.97 Å². The van der Waals surface area contributed by atoms with Crippen LogP contribution in [0.15, 0.2) is 36.9 Å². The van der Waals surface area contributed by atoms with Crippen LogP contribution in [0.4, 0.5) is 0 Å². The van der Waals surface area contributed by atoms with Crippen LogP contribution >= 0.6 is 23.2 Å². The number of hydrogen-bond acceptors (Lipinski definition) is 2. The second-order valence-electron chi connectivity index (χ2n) is 2.73. The Hall–Kier alpha value is -1.12. The Morgan fingerprint density at radius 1 is 1.00 bits per heavy atom. The molecule has 2 nitrogen and oxygen atoms in total. The molecule has 0 radical (unpaired) electrons. The first-order valence-corrected chi connectivity index (χ1v) is 4.74. The van der Waals surface area contributed by atoms with Crippen molar-refractivity contribution in [3.05, 3.63) is 47.0 Å². The molecule has 0 saturated heterocycles. The molecular weight excluding hydrogens is 219 g/mol. The zero-order valence-electron chi connectivity index (χ0n) is 7.11. The Kier molecular flexibility index (Phi) is 2.66. The SMILES string of the molecule is Clc1cccc(-c2cncnc2)c1Cl. The summed E-state index contributed by atoms with van der Waals surface area (Å²) in [6, 6.07) is 5.47. The fourth-order valence-corrected chi connectivity index (χ4v) is 1.57. The minimum Gasteiger partial charge on any atom is -0.244 e. The molecule has 1 heterocycles. The van der Waals surface area contributed by atoms with Crippen LogP contribution in [0.2, 0.25) is 10.0 Å². The third-order valence-corrected chi connectivity index (χ3v) is 2.64. The normalized spacial score (nSPS) is 10.1. The molecule has 70 valence electrons. The molecule has 0 amide bonds. The van der Waals surface area contributed by atoms with Gasteiger partial charge in [0.15, 0.2) is 0 Å². The Morgan fingerprint density at radius 2 is 1.71 bits per heavy atom. The smallest absolute Gasteiger partial charge is 0.115 e. The van der Waals surface area contributed by atoms with Crippen LogP contribution in [-0.4, -0.2) is 9.97 Å². The highest BCUT2D eigenvalue weighted by Crippen LogP contribution is 2.32. The Labute approximate surface area is 91.5 Å². The largest absolute Gasteiger partial charge is 0.244 e. The van der Waals surface area contributed by atoms with Gasteiger partial charge < -0.3 is 0 Å². The fraction of sp³-hybridized carbons (Fsp3) is 0. The van der Waals surface area contributed by atoms with E-state index in [2.05, 4.69) is 9.97 Å². The van der Waals surface area contributed by atoms with Crippen molar-refractivity contribution in [3.63, 3.8) is 0 Å². The predicted molar refractivity (Wildman–Crippen MR) is 57.5 cm³/mol. The molecule has 2 rings (SSSR count). The Morgan fingerprint density at radius 3 is 2.43 bits per heavy atom. The summed E-state index contributed by atoms with van der Waals surface area (Å²) in [5.41, 5.74) is 1.71. The van der Waals surface area contributed by atoms with Crippen molar-refractivity contribution in [2.24, 2.45) is 0 Å². The van der Waals surface area contributed by atoms with Crippen molar-refractivity contribution in [3.8, 4) is 11.1 Å². The van der Waals surface area contributed by atoms with Crippen LogP contribution in [0.5, 0.6) is 0 Å². The monoisotopic (exact) mass is 224 g/mol. The summed E-state index contributed by atoms with van der Waals surface area (Å²) < 4.78 is 0. The molecule has 0 atom stereocenters. The van der Waals surface area contributed by atoms with Gasteiger partial charge in [0.25, 0.3) is 0 Å². The molecule has 0 bridgehead atoms. The first-order valence-electron chi connectivity index (χ1n) is 3.98. The van der Waals surface area contributed by atoms with Crippen molar-refractivity contribution < 1.29 is 0 Å². The molecule has 0 aliphatic rings. The van der Waals surface area contributed by atoms with Gasteiger partial charge in [0.2, 0.25) is 0 Å². The maximum Gasteiger partial charge on any atom is 0.115 e. The number of benzene rings is 1. The predicted octanol–water partition coefficient (Wildman–Crippen LogP) is 3.45. The molecule has 0 saturated carbocycles. The summed E-state index contributed by atoms with van der Waals surface area (Å²) in [6.45, 7) is 0. The van der Waals surface area contributed by atoms with Gasteiger partial charge in [-0.15, -0.1) is 0 Å². The molecule has 14 heavy (non-hydrogen) atoms. The van der Waals surface area contributed by atoms with E-state index in [9.17, 15) is 0 Å². The molecule has 0 spiro atoms. The number of aromatic nitrogens is 2. The lowest BCUT2D eigenvalue weighted by Gasteiger charge is -2.03. The van der Waals surface area contributed by atoms with E-state index < -0.39 is 0 Å². The summed E-state index contributed by atoms with van der Waals surface area (Å²) in [5, 5.41) is 1.07. The summed E-state index contributed by atoms with van der Waals surface area (Å²) in [7, 11) is 0. The van der Waals surface area contributed by atoms with Crippen LogP contribution in [0.25, 0.3) is 11.1 Å². The van der Waals surface area contributed by atoms with Crippen LogP contribution < -0.4 is 0 Å². The highest BCUT2D eigenvalue weighted by molar-refractivity contribution is 6.43. The third-order valence-electron chi connectivity index (χ3n) is 1.82. The van der Waals surface area contributed by atoms with E-state index in [1.165, 1.54) is 6.33 Å². The highest BCUT2D eigenvalue weighted by atomic mass is 35.5. The lowest BCUT2D eigenvalue weighted by molar-refractivity contribution is 1.17. The van der Waals surface area contributed by atoms with Gasteiger partial charge in [-0.3, -0.25) is 0 Å². The van der Waals surface area contributed by atoms with Gasteiger partial charge in [0, 0.05) is 23.5 Å². The maximum atomic E-state index is 6.04. The van der Waals surface area contributed by atoms with E-state index in [1.807, 2.05) is 12.1 Å². The number of nitrogens with zero attached hydrogens (tertiary/aromatic N) is 2. The van der Waals surface area contributed by atoms with Crippen LogP contribution in [0.3, 0.4) is 0 Å². The van der Waals surface area contributed by atoms with E-state index in [0.29, 0.717) is 10.0 Å². The van der Waals surface area contributed by atoms with Gasteiger partial charge in [0.05, 0.1) is 10.0 Å². The minimum atomic E-state index is 0.531. The summed E-state index contributed by atoms with van der Waals surface area (Å²) in [4.78, 5) is 7.84. The van der Waals surface area contributed by atoms with Crippen molar-refractivity contribution in [2.45, 2.75) is 0 Å². The van der Waals surface area contributed by atoms with Crippen molar-refractivity contribution in [1.82, 2.24) is 9.97 Å². The fourth-order valence-electron chi connectivity index (χ4n) is 1.16.